The first-order chi connectivity index (χ1) is 6.68. The molecule has 1 amide bonds. The number of allylic oxidation sites excluding steroid dienone is 2. The van der Waals surface area contributed by atoms with Crippen LogP contribution in [0.15, 0.2) is 12.2 Å². The third-order valence-corrected chi connectivity index (χ3v) is 3.09. The Labute approximate surface area is 82.2 Å². The number of carboxylic acid groups (broad SMARTS) is 1. The molecule has 0 saturated carbocycles. The van der Waals surface area contributed by atoms with Crippen LogP contribution in [0.25, 0.3) is 0 Å². The topological polar surface area (TPSA) is 57.6 Å². The van der Waals surface area contributed by atoms with Crippen LogP contribution in [0, 0.1) is 11.8 Å². The number of amides is 1. The third kappa shape index (κ3) is 1.52. The molecule has 14 heavy (non-hydrogen) atoms. The SMILES string of the molecule is O=C(O)C(=O)N1C[C@H]2CC=CC[C@H]2C1. The highest BCUT2D eigenvalue weighted by molar-refractivity contribution is 6.31. The molecule has 0 unspecified atom stereocenters. The summed E-state index contributed by atoms with van der Waals surface area (Å²) in [5, 5.41) is 8.57. The average Bonchev–Trinajstić information content (AvgIpc) is 2.59. The van der Waals surface area contributed by atoms with Gasteiger partial charge in [0.2, 0.25) is 0 Å². The van der Waals surface area contributed by atoms with Crippen molar-refractivity contribution in [1.29, 1.82) is 0 Å². The molecule has 1 N–H and O–H groups in total. The molecule has 1 fully saturated rings. The minimum Gasteiger partial charge on any atom is -0.474 e. The molecule has 0 aromatic carbocycles. The molecule has 0 radical (unpaired) electrons. The Kier molecular flexibility index (Phi) is 2.27. The van der Waals surface area contributed by atoms with E-state index in [2.05, 4.69) is 12.2 Å². The highest BCUT2D eigenvalue weighted by Crippen LogP contribution is 2.32. The zero-order chi connectivity index (χ0) is 10.1. The normalized spacial score (nSPS) is 30.1. The largest absolute Gasteiger partial charge is 0.474 e. The van der Waals surface area contributed by atoms with Gasteiger partial charge in [0.25, 0.3) is 0 Å². The lowest BCUT2D eigenvalue weighted by atomic mass is 9.86. The summed E-state index contributed by atoms with van der Waals surface area (Å²) < 4.78 is 0. The van der Waals surface area contributed by atoms with Crippen LogP contribution in [-0.4, -0.2) is 35.0 Å². The van der Waals surface area contributed by atoms with Crippen molar-refractivity contribution in [3.8, 4) is 0 Å². The van der Waals surface area contributed by atoms with E-state index in [9.17, 15) is 9.59 Å². The first-order valence-electron chi connectivity index (χ1n) is 4.85. The van der Waals surface area contributed by atoms with Crippen LogP contribution in [0.2, 0.25) is 0 Å². The molecule has 1 aliphatic carbocycles. The van der Waals surface area contributed by atoms with Gasteiger partial charge in [-0.25, -0.2) is 4.79 Å². The van der Waals surface area contributed by atoms with Crippen molar-refractivity contribution < 1.29 is 14.7 Å². The van der Waals surface area contributed by atoms with Gasteiger partial charge >= 0.3 is 11.9 Å². The number of carboxylic acids is 1. The molecule has 4 nitrogen and oxygen atoms in total. The molecule has 0 aromatic heterocycles. The first-order valence-corrected chi connectivity index (χ1v) is 4.85. The Balaban J connectivity index is 2.01. The lowest BCUT2D eigenvalue weighted by Crippen LogP contribution is -2.34. The molecule has 2 aliphatic rings. The lowest BCUT2D eigenvalue weighted by Gasteiger charge is -2.17. The number of hydrogen-bond donors (Lipinski definition) is 1. The van der Waals surface area contributed by atoms with Crippen molar-refractivity contribution in [3.05, 3.63) is 12.2 Å². The second-order valence-electron chi connectivity index (χ2n) is 3.98. The zero-order valence-electron chi connectivity index (χ0n) is 7.85. The fraction of sp³-hybridized carbons (Fsp3) is 0.600. The summed E-state index contributed by atoms with van der Waals surface area (Å²) in [6.45, 7) is 1.22. The van der Waals surface area contributed by atoms with Crippen molar-refractivity contribution >= 4 is 11.9 Å². The van der Waals surface area contributed by atoms with Gasteiger partial charge in [0, 0.05) is 13.1 Å². The third-order valence-electron chi connectivity index (χ3n) is 3.09. The number of carbonyl (C=O) groups excluding carboxylic acids is 1. The van der Waals surface area contributed by atoms with Gasteiger partial charge in [-0.05, 0) is 24.7 Å². The van der Waals surface area contributed by atoms with Crippen LogP contribution in [0.3, 0.4) is 0 Å². The van der Waals surface area contributed by atoms with E-state index >= 15 is 0 Å². The van der Waals surface area contributed by atoms with Crippen LogP contribution in [0.4, 0.5) is 0 Å². The molecule has 4 heteroatoms. The van der Waals surface area contributed by atoms with Gasteiger partial charge in [-0.1, -0.05) is 12.2 Å². The molecule has 1 aliphatic heterocycles. The highest BCUT2D eigenvalue weighted by Gasteiger charge is 2.36. The van der Waals surface area contributed by atoms with Gasteiger partial charge in [-0.15, -0.1) is 0 Å². The number of rotatable bonds is 0. The number of nitrogens with zero attached hydrogens (tertiary/aromatic N) is 1. The smallest absolute Gasteiger partial charge is 0.394 e. The molecule has 0 aromatic rings. The van der Waals surface area contributed by atoms with Crippen LogP contribution in [0.1, 0.15) is 12.8 Å². The van der Waals surface area contributed by atoms with E-state index in [0.29, 0.717) is 24.9 Å². The van der Waals surface area contributed by atoms with Crippen LogP contribution in [0.5, 0.6) is 0 Å². The molecule has 1 saturated heterocycles. The fourth-order valence-corrected chi connectivity index (χ4v) is 2.32. The molecule has 0 spiro atoms. The second-order valence-corrected chi connectivity index (χ2v) is 3.98. The van der Waals surface area contributed by atoms with Crippen molar-refractivity contribution in [2.75, 3.05) is 13.1 Å². The standard InChI is InChI=1S/C10H13NO3/c12-9(10(13)14)11-5-7-3-1-2-4-8(7)6-11/h1-2,7-8H,3-6H2,(H,13,14)/t7-,8+. The van der Waals surface area contributed by atoms with Gasteiger partial charge in [0.1, 0.15) is 0 Å². The molecule has 2 rings (SSSR count). The quantitative estimate of drug-likeness (QED) is 0.452. The maximum absolute atomic E-state index is 11.2. The zero-order valence-corrected chi connectivity index (χ0v) is 7.85. The maximum atomic E-state index is 11.2. The Morgan fingerprint density at radius 2 is 1.64 bits per heavy atom. The summed E-state index contributed by atoms with van der Waals surface area (Å²) in [5.74, 6) is -1.14. The van der Waals surface area contributed by atoms with Gasteiger partial charge < -0.3 is 10.0 Å². The minimum absolute atomic E-state index is 0.475. The monoisotopic (exact) mass is 195 g/mol. The molecule has 0 bridgehead atoms. The van der Waals surface area contributed by atoms with Crippen LogP contribution in [-0.2, 0) is 9.59 Å². The Morgan fingerprint density at radius 3 is 2.07 bits per heavy atom. The summed E-state index contributed by atoms with van der Waals surface area (Å²) in [7, 11) is 0. The van der Waals surface area contributed by atoms with E-state index in [4.69, 9.17) is 5.11 Å². The van der Waals surface area contributed by atoms with E-state index < -0.39 is 11.9 Å². The average molecular weight is 195 g/mol. The van der Waals surface area contributed by atoms with Crippen molar-refractivity contribution in [1.82, 2.24) is 4.90 Å². The second kappa shape index (κ2) is 3.44. The van der Waals surface area contributed by atoms with Crippen molar-refractivity contribution in [2.24, 2.45) is 11.8 Å². The summed E-state index contributed by atoms with van der Waals surface area (Å²) in [6, 6.07) is 0. The molecule has 2 atom stereocenters. The van der Waals surface area contributed by atoms with E-state index in [1.165, 1.54) is 4.90 Å². The van der Waals surface area contributed by atoms with Gasteiger partial charge in [0.05, 0.1) is 0 Å². The summed E-state index contributed by atoms with van der Waals surface area (Å²) >= 11 is 0. The van der Waals surface area contributed by atoms with Crippen LogP contribution < -0.4 is 0 Å². The first kappa shape index (κ1) is 9.24. The van der Waals surface area contributed by atoms with Gasteiger partial charge in [0.15, 0.2) is 0 Å². The molecular weight excluding hydrogens is 182 g/mol. The van der Waals surface area contributed by atoms with Crippen LogP contribution >= 0.6 is 0 Å². The molecule has 76 valence electrons. The summed E-state index contributed by atoms with van der Waals surface area (Å²) in [6.07, 6.45) is 6.20. The number of carbonyl (C=O) groups is 2. The van der Waals surface area contributed by atoms with Crippen molar-refractivity contribution in [2.45, 2.75) is 12.8 Å². The fourth-order valence-electron chi connectivity index (χ4n) is 2.32. The number of aliphatic carboxylic acids is 1. The van der Waals surface area contributed by atoms with Gasteiger partial charge in [-0.2, -0.15) is 0 Å². The number of fused-ring (bicyclic) bond motifs is 1. The predicted octanol–water partition coefficient (Wildman–Crippen LogP) is 0.496. The Morgan fingerprint density at radius 1 is 1.14 bits per heavy atom. The minimum atomic E-state index is -1.34. The molecular formula is C10H13NO3. The van der Waals surface area contributed by atoms with Crippen molar-refractivity contribution in [3.63, 3.8) is 0 Å². The van der Waals surface area contributed by atoms with E-state index in [1.54, 1.807) is 0 Å². The lowest BCUT2D eigenvalue weighted by molar-refractivity contribution is -0.155. The van der Waals surface area contributed by atoms with E-state index in [1.807, 2.05) is 0 Å². The summed E-state index contributed by atoms with van der Waals surface area (Å²) in [4.78, 5) is 23.1. The molecule has 1 heterocycles. The summed E-state index contributed by atoms with van der Waals surface area (Å²) in [5.41, 5.74) is 0. The Bertz CT molecular complexity index is 282. The number of likely N-dealkylation sites (tertiary alicyclic amines) is 1. The maximum Gasteiger partial charge on any atom is 0.394 e. The predicted molar refractivity (Wildman–Crippen MR) is 49.6 cm³/mol. The van der Waals surface area contributed by atoms with E-state index in [0.717, 1.165) is 12.8 Å². The Hall–Kier alpha value is -1.32. The van der Waals surface area contributed by atoms with E-state index in [-0.39, 0.29) is 0 Å². The number of hydrogen-bond acceptors (Lipinski definition) is 2. The van der Waals surface area contributed by atoms with Gasteiger partial charge in [-0.3, -0.25) is 4.79 Å². The highest BCUT2D eigenvalue weighted by atomic mass is 16.4.